The topological polar surface area (TPSA) is 76.0 Å². The minimum atomic E-state index is -0.833. The first-order valence-corrected chi connectivity index (χ1v) is 1.94. The highest BCUT2D eigenvalue weighted by Gasteiger charge is 1.65. The van der Waals surface area contributed by atoms with Gasteiger partial charge in [0.25, 0.3) is 5.97 Å². The number of hydrogen-bond donors (Lipinski definition) is 1. The Labute approximate surface area is 51.9 Å². The molecule has 1 N–H and O–H groups in total. The van der Waals surface area contributed by atoms with Crippen molar-refractivity contribution in [1.82, 2.24) is 0 Å². The molecule has 0 spiro atoms. The van der Waals surface area contributed by atoms with Gasteiger partial charge in [-0.25, -0.2) is 0 Å². The van der Waals surface area contributed by atoms with Gasteiger partial charge in [0.2, 0.25) is 0 Å². The third-order valence-electron chi connectivity index (χ3n) is 0.118. The summed E-state index contributed by atoms with van der Waals surface area (Å²) in [5.41, 5.74) is 0. The standard InChI is InChI=1S/C2H3NO2.C2H4O2/c1-2-5-3-4;1-2(3)4/h2H,1H2;1H3,(H,3,4). The summed E-state index contributed by atoms with van der Waals surface area (Å²) < 4.78 is 0. The number of carboxylic acid groups (broad SMARTS) is 1. The molecule has 0 unspecified atom stereocenters. The van der Waals surface area contributed by atoms with E-state index in [9.17, 15) is 0 Å². The Morgan fingerprint density at radius 2 is 2.22 bits per heavy atom. The third-order valence-corrected chi connectivity index (χ3v) is 0.118. The first kappa shape index (κ1) is 10.6. The zero-order valence-electron chi connectivity index (χ0n) is 4.90. The van der Waals surface area contributed by atoms with Crippen LogP contribution in [-0.2, 0) is 9.63 Å². The number of carboxylic acids is 1. The second-order valence-corrected chi connectivity index (χ2v) is 0.866. The van der Waals surface area contributed by atoms with Crippen LogP contribution in [0.15, 0.2) is 18.2 Å². The molecule has 0 aromatic carbocycles. The fraction of sp³-hybridized carbons (Fsp3) is 0.250. The summed E-state index contributed by atoms with van der Waals surface area (Å²) in [6.07, 6.45) is 0.951. The maximum atomic E-state index is 9.00. The van der Waals surface area contributed by atoms with Gasteiger partial charge in [-0.3, -0.25) is 4.79 Å². The highest BCUT2D eigenvalue weighted by atomic mass is 16.7. The molecule has 9 heavy (non-hydrogen) atoms. The first-order valence-electron chi connectivity index (χ1n) is 1.94. The molecule has 0 saturated heterocycles. The van der Waals surface area contributed by atoms with E-state index in [1.165, 1.54) is 0 Å². The molecule has 0 aromatic heterocycles. The van der Waals surface area contributed by atoms with Gasteiger partial charge >= 0.3 is 0 Å². The third kappa shape index (κ3) is 378. The number of hydrogen-bond acceptors (Lipinski definition) is 4. The lowest BCUT2D eigenvalue weighted by molar-refractivity contribution is -0.134. The van der Waals surface area contributed by atoms with Crippen molar-refractivity contribution >= 4 is 5.97 Å². The van der Waals surface area contributed by atoms with Crippen LogP contribution in [0.2, 0.25) is 0 Å². The fourth-order valence-corrected chi connectivity index (χ4v) is 0.0304. The summed E-state index contributed by atoms with van der Waals surface area (Å²) >= 11 is 0. The molecule has 0 aliphatic heterocycles. The molecule has 5 nitrogen and oxygen atoms in total. The van der Waals surface area contributed by atoms with Gasteiger partial charge in [-0.15, -0.1) is 4.91 Å². The Hall–Kier alpha value is -1.39. The Kier molecular flexibility index (Phi) is 11.5. The van der Waals surface area contributed by atoms with Crippen LogP contribution in [0, 0.1) is 4.91 Å². The van der Waals surface area contributed by atoms with Gasteiger partial charge in [-0.05, 0) is 0 Å². The Morgan fingerprint density at radius 3 is 2.22 bits per heavy atom. The predicted octanol–water partition coefficient (Wildman–Crippen LogP) is 0.919. The van der Waals surface area contributed by atoms with Crippen molar-refractivity contribution in [2.75, 3.05) is 0 Å². The first-order chi connectivity index (χ1) is 4.15. The summed E-state index contributed by atoms with van der Waals surface area (Å²) in [5, 5.41) is 9.40. The van der Waals surface area contributed by atoms with Crippen LogP contribution < -0.4 is 0 Å². The molecule has 0 saturated carbocycles. The minimum absolute atomic E-state index is 0.833. The summed E-state index contributed by atoms with van der Waals surface area (Å²) in [6, 6.07) is 0. The predicted molar refractivity (Wildman–Crippen MR) is 30.4 cm³/mol. The largest absolute Gasteiger partial charge is 0.481 e. The Morgan fingerprint density at radius 1 is 1.89 bits per heavy atom. The highest BCUT2D eigenvalue weighted by molar-refractivity contribution is 5.62. The number of rotatable bonds is 2. The van der Waals surface area contributed by atoms with Crippen LogP contribution in [-0.4, -0.2) is 11.1 Å². The van der Waals surface area contributed by atoms with Gasteiger partial charge in [0.05, 0.1) is 0 Å². The van der Waals surface area contributed by atoms with Gasteiger partial charge in [0.15, 0.2) is 5.34 Å². The maximum Gasteiger partial charge on any atom is 0.300 e. The summed E-state index contributed by atoms with van der Waals surface area (Å²) in [5.74, 6) is -0.833. The molecule has 0 rings (SSSR count). The van der Waals surface area contributed by atoms with Gasteiger partial charge < -0.3 is 9.94 Å². The average Bonchev–Trinajstić information content (AvgIpc) is 1.66. The maximum absolute atomic E-state index is 9.00. The van der Waals surface area contributed by atoms with Crippen LogP contribution in [0.3, 0.4) is 0 Å². The van der Waals surface area contributed by atoms with E-state index in [1.54, 1.807) is 0 Å². The van der Waals surface area contributed by atoms with Crippen molar-refractivity contribution in [3.63, 3.8) is 0 Å². The van der Waals surface area contributed by atoms with Crippen LogP contribution in [0.1, 0.15) is 6.92 Å². The monoisotopic (exact) mass is 133 g/mol. The smallest absolute Gasteiger partial charge is 0.300 e. The molecule has 52 valence electrons. The fourth-order valence-electron chi connectivity index (χ4n) is 0.0304. The van der Waals surface area contributed by atoms with Crippen LogP contribution in [0.5, 0.6) is 0 Å². The lowest BCUT2D eigenvalue weighted by Crippen LogP contribution is -1.78. The van der Waals surface area contributed by atoms with E-state index in [0.29, 0.717) is 0 Å². The molecule has 0 radical (unpaired) electrons. The molecular weight excluding hydrogens is 126 g/mol. The molecule has 0 aromatic rings. The second kappa shape index (κ2) is 9.79. The van der Waals surface area contributed by atoms with E-state index < -0.39 is 5.97 Å². The van der Waals surface area contributed by atoms with E-state index in [2.05, 4.69) is 11.4 Å². The zero-order valence-corrected chi connectivity index (χ0v) is 4.90. The van der Waals surface area contributed by atoms with Crippen LogP contribution in [0.25, 0.3) is 0 Å². The lowest BCUT2D eigenvalue weighted by atomic mass is 10.9. The Bertz CT molecular complexity index is 90.7. The molecule has 0 heterocycles. The van der Waals surface area contributed by atoms with Gasteiger partial charge in [-0.2, -0.15) is 0 Å². The molecule has 0 atom stereocenters. The average molecular weight is 133 g/mol. The Balaban J connectivity index is 0. The van der Waals surface area contributed by atoms with Gasteiger partial charge in [-0.1, -0.05) is 6.58 Å². The molecule has 0 aliphatic rings. The minimum Gasteiger partial charge on any atom is -0.481 e. The van der Waals surface area contributed by atoms with E-state index in [-0.39, 0.29) is 0 Å². The quantitative estimate of drug-likeness (QED) is 0.345. The molecule has 0 amide bonds. The van der Waals surface area contributed by atoms with E-state index in [4.69, 9.17) is 14.8 Å². The zero-order chi connectivity index (χ0) is 7.70. The van der Waals surface area contributed by atoms with Gasteiger partial charge in [0.1, 0.15) is 6.26 Å². The van der Waals surface area contributed by atoms with E-state index >= 15 is 0 Å². The lowest BCUT2D eigenvalue weighted by Gasteiger charge is -1.67. The number of nitrogens with zero attached hydrogens (tertiary/aromatic N) is 1. The highest BCUT2D eigenvalue weighted by Crippen LogP contribution is 1.65. The van der Waals surface area contributed by atoms with Gasteiger partial charge in [0, 0.05) is 6.92 Å². The second-order valence-electron chi connectivity index (χ2n) is 0.866. The number of aliphatic carboxylic acids is 1. The molecule has 0 aliphatic carbocycles. The summed E-state index contributed by atoms with van der Waals surface area (Å²) in [7, 11) is 0. The number of carbonyl (C=O) groups is 1. The van der Waals surface area contributed by atoms with E-state index in [0.717, 1.165) is 13.2 Å². The summed E-state index contributed by atoms with van der Waals surface area (Å²) in [6.45, 7) is 4.12. The van der Waals surface area contributed by atoms with Crippen molar-refractivity contribution in [1.29, 1.82) is 0 Å². The van der Waals surface area contributed by atoms with Crippen molar-refractivity contribution in [3.05, 3.63) is 17.7 Å². The molecule has 0 bridgehead atoms. The normalized spacial score (nSPS) is 5.89. The molecular formula is C4H7NO4. The molecule has 5 heteroatoms. The van der Waals surface area contributed by atoms with Crippen LogP contribution in [0.4, 0.5) is 0 Å². The SMILES string of the molecule is C=CON=O.CC(=O)O. The van der Waals surface area contributed by atoms with Crippen molar-refractivity contribution in [2.24, 2.45) is 5.34 Å². The van der Waals surface area contributed by atoms with E-state index in [1.807, 2.05) is 5.34 Å². The summed E-state index contributed by atoms with van der Waals surface area (Å²) in [4.78, 5) is 21.5. The van der Waals surface area contributed by atoms with Crippen molar-refractivity contribution < 1.29 is 14.7 Å². The van der Waals surface area contributed by atoms with Crippen molar-refractivity contribution in [2.45, 2.75) is 6.92 Å². The molecule has 0 fully saturated rings. The van der Waals surface area contributed by atoms with Crippen LogP contribution >= 0.6 is 0 Å². The van der Waals surface area contributed by atoms with Crippen molar-refractivity contribution in [3.8, 4) is 0 Å².